The van der Waals surface area contributed by atoms with Crippen LogP contribution in [0.5, 0.6) is 5.75 Å². The van der Waals surface area contributed by atoms with E-state index in [1.165, 1.54) is 62.8 Å². The minimum absolute atomic E-state index is 0.0237. The van der Waals surface area contributed by atoms with Gasteiger partial charge in [-0.25, -0.2) is 13.2 Å². The Labute approximate surface area is 218 Å². The van der Waals surface area contributed by atoms with Gasteiger partial charge in [-0.3, -0.25) is 4.31 Å². The summed E-state index contributed by atoms with van der Waals surface area (Å²) >= 11 is 0. The number of anilines is 1. The van der Waals surface area contributed by atoms with Crippen LogP contribution in [0.4, 0.5) is 18.9 Å². The molecule has 38 heavy (non-hydrogen) atoms. The second-order valence-electron chi connectivity index (χ2n) is 8.15. The molecule has 3 aromatic rings. The molecule has 1 N–H and O–H groups in total. The lowest BCUT2D eigenvalue weighted by atomic mass is 10.1. The largest absolute Gasteiger partial charge is 0.487 e. The van der Waals surface area contributed by atoms with Gasteiger partial charge in [0, 0.05) is 14.2 Å². The van der Waals surface area contributed by atoms with E-state index in [0.717, 1.165) is 22.5 Å². The van der Waals surface area contributed by atoms with Gasteiger partial charge in [0.1, 0.15) is 12.4 Å². The summed E-state index contributed by atoms with van der Waals surface area (Å²) in [6, 6.07) is 14.6. The maximum Gasteiger partial charge on any atom is 0.416 e. The second-order valence-corrected chi connectivity index (χ2v) is 9.96. The van der Waals surface area contributed by atoms with Crippen molar-refractivity contribution in [2.75, 3.05) is 31.7 Å². The number of benzene rings is 3. The predicted octanol–water partition coefficient (Wildman–Crippen LogP) is 4.84. The molecule has 0 saturated carbocycles. The van der Waals surface area contributed by atoms with Crippen LogP contribution >= 0.6 is 0 Å². The number of halogens is 3. The SMILES string of the molecule is COCC(COC)N(c1ccc(C(F)(F)F)cc1OCc1ccc(C(=O)O)cc1)S(=O)(=O)c1ccccc1. The Morgan fingerprint density at radius 2 is 1.55 bits per heavy atom. The summed E-state index contributed by atoms with van der Waals surface area (Å²) in [5.41, 5.74) is -0.704. The molecule has 0 radical (unpaired) electrons. The van der Waals surface area contributed by atoms with Gasteiger partial charge in [-0.05, 0) is 48.0 Å². The summed E-state index contributed by atoms with van der Waals surface area (Å²) in [6.45, 7) is -0.513. The minimum atomic E-state index is -4.72. The third kappa shape index (κ3) is 6.82. The second kappa shape index (κ2) is 12.3. The first-order valence-electron chi connectivity index (χ1n) is 11.2. The third-order valence-corrected chi connectivity index (χ3v) is 7.35. The van der Waals surface area contributed by atoms with Gasteiger partial charge in [-0.2, -0.15) is 13.2 Å². The molecule has 0 fully saturated rings. The van der Waals surface area contributed by atoms with Crippen LogP contribution in [0.3, 0.4) is 0 Å². The Bertz CT molecular complexity index is 1330. The summed E-state index contributed by atoms with van der Waals surface area (Å²) in [7, 11) is -1.60. The monoisotopic (exact) mass is 553 g/mol. The highest BCUT2D eigenvalue weighted by molar-refractivity contribution is 7.92. The van der Waals surface area contributed by atoms with Gasteiger partial charge in [-0.1, -0.05) is 30.3 Å². The molecule has 0 amide bonds. The number of alkyl halides is 3. The van der Waals surface area contributed by atoms with Crippen molar-refractivity contribution < 1.29 is 45.7 Å². The summed E-state index contributed by atoms with van der Waals surface area (Å²) in [5.74, 6) is -1.49. The average molecular weight is 554 g/mol. The molecule has 0 atom stereocenters. The normalized spacial score (nSPS) is 11.9. The fourth-order valence-electron chi connectivity index (χ4n) is 3.69. The Kier molecular flexibility index (Phi) is 9.36. The lowest BCUT2D eigenvalue weighted by Gasteiger charge is -2.33. The fraction of sp³-hybridized carbons (Fsp3) is 0.269. The summed E-state index contributed by atoms with van der Waals surface area (Å²) in [4.78, 5) is 11.0. The molecule has 0 bridgehead atoms. The number of sulfonamides is 1. The van der Waals surface area contributed by atoms with Crippen LogP contribution in [-0.2, 0) is 32.3 Å². The van der Waals surface area contributed by atoms with E-state index < -0.39 is 33.8 Å². The van der Waals surface area contributed by atoms with E-state index in [0.29, 0.717) is 5.56 Å². The predicted molar refractivity (Wildman–Crippen MR) is 133 cm³/mol. The molecule has 204 valence electrons. The number of rotatable bonds is 12. The van der Waals surface area contributed by atoms with E-state index >= 15 is 0 Å². The van der Waals surface area contributed by atoms with E-state index in [1.807, 2.05) is 0 Å². The van der Waals surface area contributed by atoms with Crippen molar-refractivity contribution in [2.45, 2.75) is 23.7 Å². The van der Waals surface area contributed by atoms with Gasteiger partial charge in [0.2, 0.25) is 0 Å². The van der Waals surface area contributed by atoms with Crippen molar-refractivity contribution in [1.82, 2.24) is 0 Å². The van der Waals surface area contributed by atoms with Gasteiger partial charge >= 0.3 is 12.1 Å². The number of ether oxygens (including phenoxy) is 3. The van der Waals surface area contributed by atoms with Crippen molar-refractivity contribution in [1.29, 1.82) is 0 Å². The highest BCUT2D eigenvalue weighted by Gasteiger charge is 2.37. The molecule has 3 aromatic carbocycles. The number of aromatic carboxylic acids is 1. The first-order valence-corrected chi connectivity index (χ1v) is 12.7. The molecule has 0 aromatic heterocycles. The molecule has 8 nitrogen and oxygen atoms in total. The number of hydrogen-bond acceptors (Lipinski definition) is 6. The fourth-order valence-corrected chi connectivity index (χ4v) is 5.34. The Morgan fingerprint density at radius 3 is 2.08 bits per heavy atom. The molecule has 0 saturated heterocycles. The zero-order chi connectivity index (χ0) is 27.9. The lowest BCUT2D eigenvalue weighted by molar-refractivity contribution is -0.137. The number of methoxy groups -OCH3 is 2. The highest BCUT2D eigenvalue weighted by atomic mass is 32.2. The van der Waals surface area contributed by atoms with Crippen molar-refractivity contribution in [2.24, 2.45) is 0 Å². The molecular formula is C26H26F3NO7S. The maximum atomic E-state index is 13.8. The number of carboxylic acids is 1. The van der Waals surface area contributed by atoms with E-state index in [4.69, 9.17) is 19.3 Å². The molecule has 0 spiro atoms. The Morgan fingerprint density at radius 1 is 0.947 bits per heavy atom. The zero-order valence-corrected chi connectivity index (χ0v) is 21.3. The quantitative estimate of drug-likeness (QED) is 0.343. The number of carboxylic acid groups (broad SMARTS) is 1. The summed E-state index contributed by atoms with van der Waals surface area (Å²) in [5, 5.41) is 9.08. The molecule has 0 unspecified atom stereocenters. The molecule has 0 aliphatic heterocycles. The van der Waals surface area contributed by atoms with Crippen molar-refractivity contribution in [3.8, 4) is 5.75 Å². The average Bonchev–Trinajstić information content (AvgIpc) is 2.88. The Hall–Kier alpha value is -3.61. The minimum Gasteiger partial charge on any atom is -0.487 e. The van der Waals surface area contributed by atoms with Crippen LogP contribution in [0.2, 0.25) is 0 Å². The van der Waals surface area contributed by atoms with Crippen molar-refractivity contribution in [3.05, 3.63) is 89.5 Å². The van der Waals surface area contributed by atoms with Crippen molar-refractivity contribution in [3.63, 3.8) is 0 Å². The van der Waals surface area contributed by atoms with Crippen LogP contribution in [0.1, 0.15) is 21.5 Å². The smallest absolute Gasteiger partial charge is 0.416 e. The third-order valence-electron chi connectivity index (χ3n) is 5.47. The van der Waals surface area contributed by atoms with E-state index in [1.54, 1.807) is 6.07 Å². The van der Waals surface area contributed by atoms with Crippen LogP contribution in [0.25, 0.3) is 0 Å². The molecule has 12 heteroatoms. The first kappa shape index (κ1) is 29.0. The van der Waals surface area contributed by atoms with Crippen LogP contribution < -0.4 is 9.04 Å². The number of nitrogens with zero attached hydrogens (tertiary/aromatic N) is 1. The zero-order valence-electron chi connectivity index (χ0n) is 20.5. The first-order chi connectivity index (χ1) is 18.0. The molecule has 0 aliphatic rings. The maximum absolute atomic E-state index is 13.8. The van der Waals surface area contributed by atoms with Crippen molar-refractivity contribution >= 4 is 21.7 Å². The Balaban J connectivity index is 2.14. The topological polar surface area (TPSA) is 102 Å². The highest BCUT2D eigenvalue weighted by Crippen LogP contribution is 2.40. The van der Waals surface area contributed by atoms with Gasteiger partial charge in [0.15, 0.2) is 0 Å². The molecular weight excluding hydrogens is 527 g/mol. The number of hydrogen-bond donors (Lipinski definition) is 1. The standard InChI is InChI=1S/C26H26F3NO7S/c1-35-16-21(17-36-2)30(38(33,34)22-6-4-3-5-7-22)23-13-12-20(26(27,28)29)14-24(23)37-15-18-8-10-19(11-9-18)25(31)32/h3-14,21H,15-17H2,1-2H3,(H,31,32). The van der Waals surface area contributed by atoms with Gasteiger partial charge in [0.05, 0.1) is 41.0 Å². The van der Waals surface area contributed by atoms with E-state index in [-0.39, 0.29) is 41.7 Å². The summed E-state index contributed by atoms with van der Waals surface area (Å²) in [6.07, 6.45) is -4.72. The van der Waals surface area contributed by atoms with Crippen LogP contribution in [0, 0.1) is 0 Å². The molecule has 0 aliphatic carbocycles. The number of carbonyl (C=O) groups is 1. The summed E-state index contributed by atoms with van der Waals surface area (Å²) < 4.78 is 85.5. The van der Waals surface area contributed by atoms with Gasteiger partial charge in [-0.15, -0.1) is 0 Å². The van der Waals surface area contributed by atoms with Crippen LogP contribution in [-0.4, -0.2) is 53.0 Å². The van der Waals surface area contributed by atoms with E-state index in [9.17, 15) is 26.4 Å². The lowest BCUT2D eigenvalue weighted by Crippen LogP contribution is -2.46. The van der Waals surface area contributed by atoms with Gasteiger partial charge < -0.3 is 19.3 Å². The molecule has 0 heterocycles. The van der Waals surface area contributed by atoms with Crippen LogP contribution in [0.15, 0.2) is 77.7 Å². The molecule has 3 rings (SSSR count). The van der Waals surface area contributed by atoms with Gasteiger partial charge in [0.25, 0.3) is 10.0 Å². The van der Waals surface area contributed by atoms with E-state index in [2.05, 4.69) is 0 Å².